The third-order valence-corrected chi connectivity index (χ3v) is 6.69. The van der Waals surface area contributed by atoms with Gasteiger partial charge in [-0.2, -0.15) is 11.8 Å². The molecule has 1 saturated heterocycles. The fourth-order valence-corrected chi connectivity index (χ4v) is 5.60. The highest BCUT2D eigenvalue weighted by Crippen LogP contribution is 2.33. The summed E-state index contributed by atoms with van der Waals surface area (Å²) in [5.74, 6) is 2.57. The van der Waals surface area contributed by atoms with Gasteiger partial charge in [0, 0.05) is 23.2 Å². The number of hydrogen-bond donors (Lipinski definition) is 1. The molecule has 0 aromatic carbocycles. The summed E-state index contributed by atoms with van der Waals surface area (Å²) in [6.45, 7) is 1.93. The second-order valence-corrected chi connectivity index (χ2v) is 8.14. The molecule has 3 rings (SSSR count). The second-order valence-electron chi connectivity index (χ2n) is 5.90. The van der Waals surface area contributed by atoms with Crippen LogP contribution < -0.4 is 5.32 Å². The van der Waals surface area contributed by atoms with Gasteiger partial charge in [0.1, 0.15) is 0 Å². The Morgan fingerprint density at radius 2 is 2.38 bits per heavy atom. The first-order valence-electron chi connectivity index (χ1n) is 7.94. The van der Waals surface area contributed by atoms with Crippen LogP contribution in [-0.4, -0.2) is 42.7 Å². The van der Waals surface area contributed by atoms with Crippen molar-refractivity contribution in [2.24, 2.45) is 0 Å². The molecular weight excluding hydrogens is 300 g/mol. The smallest absolute Gasteiger partial charge is 0.264 e. The second kappa shape index (κ2) is 7.16. The molecule has 1 fully saturated rings. The first-order valence-corrected chi connectivity index (χ1v) is 9.91. The Labute approximate surface area is 135 Å². The molecule has 116 valence electrons. The van der Waals surface area contributed by atoms with Crippen LogP contribution in [0.1, 0.15) is 45.8 Å². The van der Waals surface area contributed by atoms with E-state index < -0.39 is 0 Å². The maximum absolute atomic E-state index is 12.9. The largest absolute Gasteiger partial charge is 0.335 e. The molecule has 1 amide bonds. The van der Waals surface area contributed by atoms with Crippen molar-refractivity contribution in [1.29, 1.82) is 0 Å². The van der Waals surface area contributed by atoms with Gasteiger partial charge in [0.2, 0.25) is 0 Å². The number of amides is 1. The van der Waals surface area contributed by atoms with Crippen LogP contribution >= 0.6 is 23.1 Å². The average molecular weight is 325 g/mol. The Morgan fingerprint density at radius 1 is 1.48 bits per heavy atom. The molecule has 21 heavy (non-hydrogen) atoms. The highest BCUT2D eigenvalue weighted by molar-refractivity contribution is 7.98. The molecule has 3 heterocycles. The predicted octanol–water partition coefficient (Wildman–Crippen LogP) is 3.14. The minimum atomic E-state index is 0.278. The summed E-state index contributed by atoms with van der Waals surface area (Å²) in [6, 6.07) is 2.59. The molecule has 3 nitrogen and oxygen atoms in total. The summed E-state index contributed by atoms with van der Waals surface area (Å²) >= 11 is 3.73. The molecule has 5 heteroatoms. The normalized spacial score (nSPS) is 22.1. The van der Waals surface area contributed by atoms with Crippen molar-refractivity contribution >= 4 is 29.0 Å². The van der Waals surface area contributed by atoms with Crippen molar-refractivity contribution in [2.45, 2.75) is 43.9 Å². The fraction of sp³-hybridized carbons (Fsp3) is 0.688. The first kappa shape index (κ1) is 15.4. The molecule has 2 aliphatic heterocycles. The number of likely N-dealkylation sites (tertiary alicyclic amines) is 1. The van der Waals surface area contributed by atoms with E-state index in [9.17, 15) is 4.79 Å². The zero-order valence-electron chi connectivity index (χ0n) is 12.7. The van der Waals surface area contributed by atoms with E-state index >= 15 is 0 Å². The van der Waals surface area contributed by atoms with Gasteiger partial charge in [0.15, 0.2) is 0 Å². The molecule has 1 N–H and O–H groups in total. The standard InChI is InChI=1S/C16H24N2OS2/c1-17-7-5-13-4-2-3-8-18(13)16(19)15-10-12-11-20-9-6-14(12)21-15/h10,13,17H,2-9,11H2,1H3. The van der Waals surface area contributed by atoms with Gasteiger partial charge in [-0.3, -0.25) is 4.79 Å². The van der Waals surface area contributed by atoms with Crippen molar-refractivity contribution in [3.8, 4) is 0 Å². The molecule has 0 saturated carbocycles. The van der Waals surface area contributed by atoms with Gasteiger partial charge in [-0.25, -0.2) is 0 Å². The van der Waals surface area contributed by atoms with E-state index in [2.05, 4.69) is 16.3 Å². The van der Waals surface area contributed by atoms with Gasteiger partial charge in [0.05, 0.1) is 4.88 Å². The lowest BCUT2D eigenvalue weighted by atomic mass is 9.99. The van der Waals surface area contributed by atoms with E-state index in [-0.39, 0.29) is 5.91 Å². The minimum Gasteiger partial charge on any atom is -0.335 e. The van der Waals surface area contributed by atoms with Crippen molar-refractivity contribution < 1.29 is 4.79 Å². The third kappa shape index (κ3) is 3.46. The Morgan fingerprint density at radius 3 is 3.19 bits per heavy atom. The lowest BCUT2D eigenvalue weighted by Crippen LogP contribution is -2.44. The molecule has 1 aromatic heterocycles. The zero-order valence-corrected chi connectivity index (χ0v) is 14.3. The van der Waals surface area contributed by atoms with Crippen LogP contribution in [0, 0.1) is 0 Å². The minimum absolute atomic E-state index is 0.278. The van der Waals surface area contributed by atoms with Crippen LogP contribution in [0.4, 0.5) is 0 Å². The SMILES string of the molecule is CNCCC1CCCCN1C(=O)c1cc2c(s1)CCSC2. The Hall–Kier alpha value is -0.520. The molecule has 1 unspecified atom stereocenters. The molecule has 0 radical (unpaired) electrons. The lowest BCUT2D eigenvalue weighted by molar-refractivity contribution is 0.0607. The molecule has 0 aliphatic carbocycles. The van der Waals surface area contributed by atoms with E-state index in [4.69, 9.17) is 0 Å². The van der Waals surface area contributed by atoms with Crippen LogP contribution in [0.3, 0.4) is 0 Å². The number of rotatable bonds is 4. The fourth-order valence-electron chi connectivity index (χ4n) is 3.27. The zero-order chi connectivity index (χ0) is 14.7. The van der Waals surface area contributed by atoms with Crippen molar-refractivity contribution in [1.82, 2.24) is 10.2 Å². The summed E-state index contributed by atoms with van der Waals surface area (Å²) in [4.78, 5) is 17.5. The van der Waals surface area contributed by atoms with Crippen LogP contribution in [-0.2, 0) is 12.2 Å². The summed E-state index contributed by atoms with van der Waals surface area (Å²) in [7, 11) is 1.99. The summed E-state index contributed by atoms with van der Waals surface area (Å²) in [5, 5.41) is 3.22. The van der Waals surface area contributed by atoms with Gasteiger partial charge in [-0.15, -0.1) is 11.3 Å². The Balaban J connectivity index is 1.74. The first-order chi connectivity index (χ1) is 10.3. The Kier molecular flexibility index (Phi) is 5.24. The van der Waals surface area contributed by atoms with Crippen LogP contribution in [0.15, 0.2) is 6.07 Å². The quantitative estimate of drug-likeness (QED) is 0.923. The van der Waals surface area contributed by atoms with Crippen LogP contribution in [0.2, 0.25) is 0 Å². The van der Waals surface area contributed by atoms with Gasteiger partial charge < -0.3 is 10.2 Å². The van der Waals surface area contributed by atoms with E-state index in [1.807, 2.05) is 18.8 Å². The molecule has 1 atom stereocenters. The predicted molar refractivity (Wildman–Crippen MR) is 91.4 cm³/mol. The summed E-state index contributed by atoms with van der Waals surface area (Å²) in [5.41, 5.74) is 1.41. The number of thioether (sulfide) groups is 1. The molecule has 1 aromatic rings. The van der Waals surface area contributed by atoms with Gasteiger partial charge >= 0.3 is 0 Å². The topological polar surface area (TPSA) is 32.3 Å². The van der Waals surface area contributed by atoms with Crippen molar-refractivity contribution in [2.75, 3.05) is 25.9 Å². The number of nitrogens with zero attached hydrogens (tertiary/aromatic N) is 1. The van der Waals surface area contributed by atoms with E-state index in [0.29, 0.717) is 6.04 Å². The highest BCUT2D eigenvalue weighted by Gasteiger charge is 2.29. The molecule has 2 aliphatic rings. The third-order valence-electron chi connectivity index (χ3n) is 4.45. The maximum Gasteiger partial charge on any atom is 0.264 e. The van der Waals surface area contributed by atoms with Crippen molar-refractivity contribution in [3.05, 3.63) is 21.4 Å². The van der Waals surface area contributed by atoms with E-state index in [0.717, 1.165) is 49.4 Å². The van der Waals surface area contributed by atoms with Gasteiger partial charge in [-0.05, 0) is 63.1 Å². The van der Waals surface area contributed by atoms with Gasteiger partial charge in [-0.1, -0.05) is 0 Å². The van der Waals surface area contributed by atoms with E-state index in [1.165, 1.54) is 22.6 Å². The number of carbonyl (C=O) groups is 1. The van der Waals surface area contributed by atoms with Crippen LogP contribution in [0.5, 0.6) is 0 Å². The van der Waals surface area contributed by atoms with Crippen molar-refractivity contribution in [3.63, 3.8) is 0 Å². The molecule has 0 bridgehead atoms. The number of piperidine rings is 1. The number of hydrogen-bond acceptors (Lipinski definition) is 4. The number of carbonyl (C=O) groups excluding carboxylic acids is 1. The highest BCUT2D eigenvalue weighted by atomic mass is 32.2. The van der Waals surface area contributed by atoms with Crippen LogP contribution in [0.25, 0.3) is 0 Å². The summed E-state index contributed by atoms with van der Waals surface area (Å²) < 4.78 is 0. The number of aryl methyl sites for hydroxylation is 1. The number of nitrogens with one attached hydrogen (secondary N) is 1. The van der Waals surface area contributed by atoms with Gasteiger partial charge in [0.25, 0.3) is 5.91 Å². The van der Waals surface area contributed by atoms with E-state index in [1.54, 1.807) is 11.3 Å². The number of thiophene rings is 1. The maximum atomic E-state index is 12.9. The average Bonchev–Trinajstić information content (AvgIpc) is 2.96. The lowest BCUT2D eigenvalue weighted by Gasteiger charge is -2.35. The monoisotopic (exact) mass is 324 g/mol. The Bertz CT molecular complexity index is 477. The number of fused-ring (bicyclic) bond motifs is 1. The summed E-state index contributed by atoms with van der Waals surface area (Å²) in [6.07, 6.45) is 5.79. The molecular formula is C16H24N2OS2. The molecule has 0 spiro atoms.